The fourth-order valence-electron chi connectivity index (χ4n) is 2.60. The van der Waals surface area contributed by atoms with Crippen molar-refractivity contribution in [2.45, 2.75) is 39.0 Å². The summed E-state index contributed by atoms with van der Waals surface area (Å²) in [7, 11) is 0. The monoisotopic (exact) mass is 284 g/mol. The Morgan fingerprint density at radius 1 is 1.22 bits per heavy atom. The molecule has 0 bridgehead atoms. The molecule has 98 valence electrons. The minimum Gasteiger partial charge on any atom is -0.299 e. The molecular weight excluding hydrogens is 267 g/mol. The van der Waals surface area contributed by atoms with Crippen LogP contribution in [-0.4, -0.2) is 5.78 Å². The van der Waals surface area contributed by atoms with Gasteiger partial charge in [-0.15, -0.1) is 0 Å². The summed E-state index contributed by atoms with van der Waals surface area (Å²) in [5, 5.41) is 1.05. The van der Waals surface area contributed by atoms with Gasteiger partial charge in [0.2, 0.25) is 0 Å². The van der Waals surface area contributed by atoms with E-state index in [4.69, 9.17) is 23.2 Å². The van der Waals surface area contributed by atoms with Gasteiger partial charge in [0.05, 0.1) is 10.0 Å². The zero-order chi connectivity index (χ0) is 13.1. The highest BCUT2D eigenvalue weighted by Gasteiger charge is 2.24. The van der Waals surface area contributed by atoms with E-state index in [0.29, 0.717) is 22.2 Å². The van der Waals surface area contributed by atoms with Gasteiger partial charge in [-0.25, -0.2) is 0 Å². The molecule has 0 spiro atoms. The van der Waals surface area contributed by atoms with Gasteiger partial charge in [0.15, 0.2) is 0 Å². The molecule has 1 fully saturated rings. The summed E-state index contributed by atoms with van der Waals surface area (Å²) in [5.74, 6) is 1.30. The van der Waals surface area contributed by atoms with Crippen LogP contribution in [0.25, 0.3) is 0 Å². The Bertz CT molecular complexity index is 434. The fraction of sp³-hybridized carbons (Fsp3) is 0.533. The van der Waals surface area contributed by atoms with E-state index in [-0.39, 0.29) is 5.92 Å². The van der Waals surface area contributed by atoms with Crippen LogP contribution in [0.2, 0.25) is 10.0 Å². The third kappa shape index (κ3) is 3.27. The number of halogens is 2. The second-order valence-corrected chi connectivity index (χ2v) is 6.10. The van der Waals surface area contributed by atoms with Crippen molar-refractivity contribution < 1.29 is 4.79 Å². The minimum absolute atomic E-state index is 0.219. The average molecular weight is 285 g/mol. The van der Waals surface area contributed by atoms with Gasteiger partial charge in [-0.1, -0.05) is 55.1 Å². The largest absolute Gasteiger partial charge is 0.299 e. The standard InChI is InChI=1S/C15H18Cl2O/c1-10-5-7-11(8-6-10)14(18)9-12-3-2-4-13(16)15(12)17/h2-4,10-11H,5-9H2,1H3. The Kier molecular flexibility index (Phi) is 4.69. The van der Waals surface area contributed by atoms with Crippen LogP contribution in [0.15, 0.2) is 18.2 Å². The molecule has 1 aliphatic carbocycles. The first-order valence-corrected chi connectivity index (χ1v) is 7.29. The lowest BCUT2D eigenvalue weighted by atomic mass is 9.80. The molecule has 0 aromatic heterocycles. The lowest BCUT2D eigenvalue weighted by molar-refractivity contribution is -0.123. The summed E-state index contributed by atoms with van der Waals surface area (Å²) in [6.45, 7) is 2.26. The molecular formula is C15H18Cl2O. The van der Waals surface area contributed by atoms with Crippen molar-refractivity contribution in [3.63, 3.8) is 0 Å². The normalized spacial score (nSPS) is 23.9. The molecule has 1 aromatic carbocycles. The molecule has 1 nitrogen and oxygen atoms in total. The molecule has 0 unspecified atom stereocenters. The summed E-state index contributed by atoms with van der Waals surface area (Å²) in [6, 6.07) is 5.48. The predicted molar refractivity (Wildman–Crippen MR) is 76.3 cm³/mol. The number of carbonyl (C=O) groups excluding carboxylic acids is 1. The molecule has 0 saturated heterocycles. The first-order valence-electron chi connectivity index (χ1n) is 6.53. The average Bonchev–Trinajstić information content (AvgIpc) is 2.36. The molecule has 0 radical (unpaired) electrons. The van der Waals surface area contributed by atoms with Crippen molar-refractivity contribution in [2.24, 2.45) is 11.8 Å². The molecule has 1 saturated carbocycles. The number of Topliss-reactive ketones (excluding diaryl/α,β-unsaturated/α-hetero) is 1. The Morgan fingerprint density at radius 3 is 2.56 bits per heavy atom. The van der Waals surface area contributed by atoms with Crippen LogP contribution in [0, 0.1) is 11.8 Å². The van der Waals surface area contributed by atoms with E-state index in [1.807, 2.05) is 12.1 Å². The predicted octanol–water partition coefficient (Wildman–Crippen LogP) is 4.93. The summed E-state index contributed by atoms with van der Waals surface area (Å²) in [6.07, 6.45) is 4.80. The van der Waals surface area contributed by atoms with E-state index in [9.17, 15) is 4.79 Å². The fourth-order valence-corrected chi connectivity index (χ4v) is 2.99. The zero-order valence-electron chi connectivity index (χ0n) is 10.6. The third-order valence-corrected chi connectivity index (χ3v) is 4.73. The minimum atomic E-state index is 0.219. The number of rotatable bonds is 3. The van der Waals surface area contributed by atoms with Crippen LogP contribution in [-0.2, 0) is 11.2 Å². The molecule has 1 aromatic rings. The second kappa shape index (κ2) is 6.08. The van der Waals surface area contributed by atoms with Crippen LogP contribution >= 0.6 is 23.2 Å². The summed E-state index contributed by atoms with van der Waals surface area (Å²) in [5.41, 5.74) is 0.854. The molecule has 0 heterocycles. The molecule has 0 amide bonds. The van der Waals surface area contributed by atoms with Gasteiger partial charge in [-0.05, 0) is 30.4 Å². The van der Waals surface area contributed by atoms with E-state index < -0.39 is 0 Å². The number of hydrogen-bond donors (Lipinski definition) is 0. The van der Waals surface area contributed by atoms with Crippen molar-refractivity contribution >= 4 is 29.0 Å². The lowest BCUT2D eigenvalue weighted by Crippen LogP contribution is -2.22. The van der Waals surface area contributed by atoms with E-state index in [0.717, 1.165) is 24.3 Å². The molecule has 2 rings (SSSR count). The Morgan fingerprint density at radius 2 is 1.89 bits per heavy atom. The van der Waals surface area contributed by atoms with Crippen molar-refractivity contribution in [3.05, 3.63) is 33.8 Å². The SMILES string of the molecule is CC1CCC(C(=O)Cc2cccc(Cl)c2Cl)CC1. The van der Waals surface area contributed by atoms with Gasteiger partial charge in [-0.3, -0.25) is 4.79 Å². The summed E-state index contributed by atoms with van der Waals surface area (Å²) < 4.78 is 0. The number of hydrogen-bond acceptors (Lipinski definition) is 1. The van der Waals surface area contributed by atoms with Crippen molar-refractivity contribution in [2.75, 3.05) is 0 Å². The van der Waals surface area contributed by atoms with E-state index in [1.54, 1.807) is 6.07 Å². The first-order chi connectivity index (χ1) is 8.58. The third-order valence-electron chi connectivity index (χ3n) is 3.87. The topological polar surface area (TPSA) is 17.1 Å². The molecule has 1 aliphatic rings. The van der Waals surface area contributed by atoms with Crippen LogP contribution in [0.1, 0.15) is 38.2 Å². The van der Waals surface area contributed by atoms with Gasteiger partial charge < -0.3 is 0 Å². The van der Waals surface area contributed by atoms with Gasteiger partial charge in [0.1, 0.15) is 5.78 Å². The quantitative estimate of drug-likeness (QED) is 0.769. The summed E-state index contributed by atoms with van der Waals surface area (Å²) >= 11 is 12.1. The molecule has 0 atom stereocenters. The highest BCUT2D eigenvalue weighted by Crippen LogP contribution is 2.31. The lowest BCUT2D eigenvalue weighted by Gasteiger charge is -2.25. The molecule has 18 heavy (non-hydrogen) atoms. The summed E-state index contributed by atoms with van der Waals surface area (Å²) in [4.78, 5) is 12.2. The van der Waals surface area contributed by atoms with Crippen molar-refractivity contribution in [1.29, 1.82) is 0 Å². The van der Waals surface area contributed by atoms with E-state index >= 15 is 0 Å². The maximum atomic E-state index is 12.2. The number of ketones is 1. The smallest absolute Gasteiger partial charge is 0.140 e. The van der Waals surface area contributed by atoms with Gasteiger partial charge in [-0.2, -0.15) is 0 Å². The first kappa shape index (κ1) is 13.9. The van der Waals surface area contributed by atoms with Crippen molar-refractivity contribution in [1.82, 2.24) is 0 Å². The van der Waals surface area contributed by atoms with Crippen LogP contribution in [0.4, 0.5) is 0 Å². The number of benzene rings is 1. The van der Waals surface area contributed by atoms with Crippen LogP contribution in [0.5, 0.6) is 0 Å². The van der Waals surface area contributed by atoms with Gasteiger partial charge in [0.25, 0.3) is 0 Å². The van der Waals surface area contributed by atoms with Crippen LogP contribution in [0.3, 0.4) is 0 Å². The molecule has 0 N–H and O–H groups in total. The second-order valence-electron chi connectivity index (χ2n) is 5.31. The zero-order valence-corrected chi connectivity index (χ0v) is 12.1. The maximum Gasteiger partial charge on any atom is 0.140 e. The highest BCUT2D eigenvalue weighted by molar-refractivity contribution is 6.42. The Labute approximate surface area is 118 Å². The van der Waals surface area contributed by atoms with Crippen molar-refractivity contribution in [3.8, 4) is 0 Å². The highest BCUT2D eigenvalue weighted by atomic mass is 35.5. The van der Waals surface area contributed by atoms with Gasteiger partial charge in [0, 0.05) is 12.3 Å². The van der Waals surface area contributed by atoms with E-state index in [2.05, 4.69) is 6.92 Å². The van der Waals surface area contributed by atoms with Gasteiger partial charge >= 0.3 is 0 Å². The Balaban J connectivity index is 2.01. The maximum absolute atomic E-state index is 12.2. The molecule has 0 aliphatic heterocycles. The van der Waals surface area contributed by atoms with E-state index in [1.165, 1.54) is 12.8 Å². The molecule has 3 heteroatoms. The number of carbonyl (C=O) groups is 1. The van der Waals surface area contributed by atoms with Crippen LogP contribution < -0.4 is 0 Å². The Hall–Kier alpha value is -0.530.